The molecule has 3 rings (SSSR count). The number of nitrogens with one attached hydrogen (secondary N) is 1. The van der Waals surface area contributed by atoms with E-state index in [1.54, 1.807) is 10.9 Å². The smallest absolute Gasteiger partial charge is 0.180 e. The summed E-state index contributed by atoms with van der Waals surface area (Å²) in [4.78, 5) is 6.70. The number of β-amino-alcohol motifs (C(OH)–C–C–N with tert-alkyl or cyclic N) is 1. The summed E-state index contributed by atoms with van der Waals surface area (Å²) in [5.41, 5.74) is 0. The Bertz CT molecular complexity index is 585. The summed E-state index contributed by atoms with van der Waals surface area (Å²) >= 11 is 0. The molecule has 1 fully saturated rings. The van der Waals surface area contributed by atoms with Crippen LogP contribution >= 0.6 is 0 Å². The van der Waals surface area contributed by atoms with E-state index in [0.717, 1.165) is 25.2 Å². The SMILES string of the molecule is CCCc1nc([C@@H]2CN(C[C@H](O)Cn3cccn3)CCO2)n[nH]1. The molecule has 126 valence electrons. The molecule has 8 heteroatoms. The molecule has 0 aliphatic carbocycles. The summed E-state index contributed by atoms with van der Waals surface area (Å²) in [5.74, 6) is 1.61. The number of aryl methyl sites for hydroxylation is 1. The highest BCUT2D eigenvalue weighted by molar-refractivity contribution is 4.97. The van der Waals surface area contributed by atoms with E-state index in [1.807, 2.05) is 12.3 Å². The van der Waals surface area contributed by atoms with Crippen molar-refractivity contribution >= 4 is 0 Å². The second kappa shape index (κ2) is 7.67. The molecule has 0 unspecified atom stereocenters. The molecule has 0 radical (unpaired) electrons. The lowest BCUT2D eigenvalue weighted by molar-refractivity contribution is -0.0473. The summed E-state index contributed by atoms with van der Waals surface area (Å²) in [6.45, 7) is 5.32. The second-order valence-electron chi connectivity index (χ2n) is 5.89. The van der Waals surface area contributed by atoms with Gasteiger partial charge in [-0.05, 0) is 12.5 Å². The molecule has 8 nitrogen and oxygen atoms in total. The van der Waals surface area contributed by atoms with E-state index in [9.17, 15) is 5.11 Å². The van der Waals surface area contributed by atoms with Crippen LogP contribution in [0.5, 0.6) is 0 Å². The quantitative estimate of drug-likeness (QED) is 0.767. The zero-order chi connectivity index (χ0) is 16.1. The fourth-order valence-corrected chi connectivity index (χ4v) is 2.81. The first-order valence-electron chi connectivity index (χ1n) is 8.15. The molecule has 2 aromatic rings. The third kappa shape index (κ3) is 4.37. The normalized spacial score (nSPS) is 20.7. The number of aromatic amines is 1. The van der Waals surface area contributed by atoms with E-state index >= 15 is 0 Å². The summed E-state index contributed by atoms with van der Waals surface area (Å²) in [6, 6.07) is 1.86. The highest BCUT2D eigenvalue weighted by Gasteiger charge is 2.26. The largest absolute Gasteiger partial charge is 0.390 e. The molecule has 1 aliphatic heterocycles. The van der Waals surface area contributed by atoms with Crippen molar-refractivity contribution in [1.82, 2.24) is 29.9 Å². The number of nitrogens with zero attached hydrogens (tertiary/aromatic N) is 5. The maximum atomic E-state index is 10.2. The van der Waals surface area contributed by atoms with Crippen LogP contribution < -0.4 is 0 Å². The van der Waals surface area contributed by atoms with E-state index in [2.05, 4.69) is 32.1 Å². The highest BCUT2D eigenvalue weighted by atomic mass is 16.5. The van der Waals surface area contributed by atoms with Crippen LogP contribution in [0.25, 0.3) is 0 Å². The van der Waals surface area contributed by atoms with Gasteiger partial charge in [-0.2, -0.15) is 10.2 Å². The van der Waals surface area contributed by atoms with Gasteiger partial charge in [0.05, 0.1) is 19.3 Å². The van der Waals surface area contributed by atoms with Crippen LogP contribution in [-0.4, -0.2) is 67.3 Å². The van der Waals surface area contributed by atoms with Gasteiger partial charge in [-0.25, -0.2) is 4.98 Å². The van der Waals surface area contributed by atoms with Crippen molar-refractivity contribution in [1.29, 1.82) is 0 Å². The van der Waals surface area contributed by atoms with Crippen molar-refractivity contribution in [3.05, 3.63) is 30.1 Å². The summed E-state index contributed by atoms with van der Waals surface area (Å²) in [6.07, 6.45) is 4.90. The van der Waals surface area contributed by atoms with Gasteiger partial charge in [0.25, 0.3) is 0 Å². The van der Waals surface area contributed by atoms with Gasteiger partial charge in [0, 0.05) is 38.4 Å². The third-order valence-corrected chi connectivity index (χ3v) is 3.90. The highest BCUT2D eigenvalue weighted by Crippen LogP contribution is 2.19. The molecule has 0 spiro atoms. The van der Waals surface area contributed by atoms with Crippen LogP contribution in [0.2, 0.25) is 0 Å². The Kier molecular flexibility index (Phi) is 5.37. The van der Waals surface area contributed by atoms with Gasteiger partial charge in [-0.3, -0.25) is 14.7 Å². The van der Waals surface area contributed by atoms with Gasteiger partial charge >= 0.3 is 0 Å². The number of hydrogen-bond donors (Lipinski definition) is 2. The van der Waals surface area contributed by atoms with Crippen LogP contribution in [0, 0.1) is 0 Å². The number of morpholine rings is 1. The molecule has 0 bridgehead atoms. The van der Waals surface area contributed by atoms with Crippen molar-refractivity contribution in [3.63, 3.8) is 0 Å². The lowest BCUT2D eigenvalue weighted by atomic mass is 10.2. The molecule has 2 aromatic heterocycles. The van der Waals surface area contributed by atoms with Gasteiger partial charge in [0.15, 0.2) is 5.82 Å². The first kappa shape index (κ1) is 16.1. The van der Waals surface area contributed by atoms with Gasteiger partial charge in [0.2, 0.25) is 0 Å². The first-order chi connectivity index (χ1) is 11.2. The number of hydrogen-bond acceptors (Lipinski definition) is 6. The Labute approximate surface area is 135 Å². The lowest BCUT2D eigenvalue weighted by Crippen LogP contribution is -2.43. The zero-order valence-electron chi connectivity index (χ0n) is 13.4. The molecule has 0 saturated carbocycles. The van der Waals surface area contributed by atoms with Crippen LogP contribution in [0.15, 0.2) is 18.5 Å². The Morgan fingerprint density at radius 3 is 3.17 bits per heavy atom. The number of rotatable bonds is 7. The minimum absolute atomic E-state index is 0.137. The minimum atomic E-state index is -0.462. The van der Waals surface area contributed by atoms with Gasteiger partial charge in [-0.1, -0.05) is 6.92 Å². The third-order valence-electron chi connectivity index (χ3n) is 3.90. The van der Waals surface area contributed by atoms with Crippen LogP contribution in [0.3, 0.4) is 0 Å². The Morgan fingerprint density at radius 2 is 2.39 bits per heavy atom. The molecular formula is C15H24N6O2. The average molecular weight is 320 g/mol. The minimum Gasteiger partial charge on any atom is -0.390 e. The molecular weight excluding hydrogens is 296 g/mol. The van der Waals surface area contributed by atoms with Gasteiger partial charge in [-0.15, -0.1) is 0 Å². The van der Waals surface area contributed by atoms with Crippen LogP contribution in [0.1, 0.15) is 31.1 Å². The summed E-state index contributed by atoms with van der Waals surface area (Å²) in [7, 11) is 0. The van der Waals surface area contributed by atoms with Gasteiger partial charge in [0.1, 0.15) is 11.9 Å². The standard InChI is InChI=1S/C15H24N6O2/c1-2-4-14-17-15(19-18-14)13-11-20(7-8-23-13)9-12(22)10-21-6-3-5-16-21/h3,5-6,12-13,22H,2,4,7-11H2,1H3,(H,17,18,19)/t12-,13-/m0/s1. The molecule has 1 aliphatic rings. The predicted molar refractivity (Wildman–Crippen MR) is 83.7 cm³/mol. The van der Waals surface area contributed by atoms with E-state index in [-0.39, 0.29) is 6.10 Å². The Balaban J connectivity index is 1.52. The van der Waals surface area contributed by atoms with E-state index in [1.165, 1.54) is 0 Å². The first-order valence-corrected chi connectivity index (χ1v) is 8.15. The average Bonchev–Trinajstić information content (AvgIpc) is 3.20. The van der Waals surface area contributed by atoms with Crippen molar-refractivity contribution in [2.75, 3.05) is 26.2 Å². The maximum absolute atomic E-state index is 10.2. The lowest BCUT2D eigenvalue weighted by Gasteiger charge is -2.32. The van der Waals surface area contributed by atoms with E-state index in [4.69, 9.17) is 4.74 Å². The Morgan fingerprint density at radius 1 is 1.48 bits per heavy atom. The number of aromatic nitrogens is 5. The van der Waals surface area contributed by atoms with Crippen molar-refractivity contribution in [3.8, 4) is 0 Å². The number of H-pyrrole nitrogens is 1. The van der Waals surface area contributed by atoms with Gasteiger partial charge < -0.3 is 9.84 Å². The number of ether oxygens (including phenoxy) is 1. The van der Waals surface area contributed by atoms with E-state index < -0.39 is 6.10 Å². The molecule has 0 aromatic carbocycles. The zero-order valence-corrected chi connectivity index (χ0v) is 13.4. The van der Waals surface area contributed by atoms with Crippen molar-refractivity contribution in [2.24, 2.45) is 0 Å². The maximum Gasteiger partial charge on any atom is 0.180 e. The molecule has 23 heavy (non-hydrogen) atoms. The number of aliphatic hydroxyl groups excluding tert-OH is 1. The molecule has 2 N–H and O–H groups in total. The predicted octanol–water partition coefficient (Wildman–Crippen LogP) is 0.388. The second-order valence-corrected chi connectivity index (χ2v) is 5.89. The van der Waals surface area contributed by atoms with Crippen LogP contribution in [-0.2, 0) is 17.7 Å². The van der Waals surface area contributed by atoms with Crippen molar-refractivity contribution < 1.29 is 9.84 Å². The van der Waals surface area contributed by atoms with Crippen molar-refractivity contribution in [2.45, 2.75) is 38.5 Å². The fourth-order valence-electron chi connectivity index (χ4n) is 2.81. The topological polar surface area (TPSA) is 92.1 Å². The monoisotopic (exact) mass is 320 g/mol. The Hall–Kier alpha value is -1.77. The summed E-state index contributed by atoms with van der Waals surface area (Å²) in [5, 5.41) is 21.6. The summed E-state index contributed by atoms with van der Waals surface area (Å²) < 4.78 is 7.53. The van der Waals surface area contributed by atoms with Crippen LogP contribution in [0.4, 0.5) is 0 Å². The number of aliphatic hydroxyl groups is 1. The van der Waals surface area contributed by atoms with E-state index in [0.29, 0.717) is 32.1 Å². The molecule has 0 amide bonds. The molecule has 1 saturated heterocycles. The molecule has 2 atom stereocenters. The molecule has 3 heterocycles. The fraction of sp³-hybridized carbons (Fsp3) is 0.667.